The molecule has 3 aromatic rings. The molecular formula is C17H16FN3O2S. The minimum Gasteiger partial charge on any atom is -0.322 e. The molecule has 0 saturated carbocycles. The minimum absolute atomic E-state index is 0.154. The van der Waals surface area contributed by atoms with Crippen molar-refractivity contribution < 1.29 is 9.18 Å². The van der Waals surface area contributed by atoms with Crippen LogP contribution >= 0.6 is 11.3 Å². The molecule has 0 aliphatic heterocycles. The SMILES string of the molecule is Cc1nc(NC(=O)CCc2cc3cc(F)ccc3[nH]c2=O)sc1C. The van der Waals surface area contributed by atoms with Crippen LogP contribution in [0.1, 0.15) is 22.6 Å². The molecule has 0 radical (unpaired) electrons. The second kappa shape index (κ2) is 6.52. The number of nitrogens with one attached hydrogen (secondary N) is 2. The number of H-pyrrole nitrogens is 1. The van der Waals surface area contributed by atoms with Crippen LogP contribution in [0, 0.1) is 19.7 Å². The Morgan fingerprint density at radius 1 is 1.33 bits per heavy atom. The molecule has 5 nitrogen and oxygen atoms in total. The number of halogens is 1. The summed E-state index contributed by atoms with van der Waals surface area (Å²) in [6.45, 7) is 3.83. The molecule has 0 spiro atoms. The number of aromatic amines is 1. The van der Waals surface area contributed by atoms with Crippen molar-refractivity contribution in [3.63, 3.8) is 0 Å². The van der Waals surface area contributed by atoms with Gasteiger partial charge >= 0.3 is 0 Å². The molecule has 1 amide bonds. The van der Waals surface area contributed by atoms with Gasteiger partial charge in [-0.15, -0.1) is 11.3 Å². The van der Waals surface area contributed by atoms with E-state index in [0.29, 0.717) is 21.6 Å². The smallest absolute Gasteiger partial charge is 0.251 e. The Morgan fingerprint density at radius 3 is 2.83 bits per heavy atom. The summed E-state index contributed by atoms with van der Waals surface area (Å²) in [5.41, 5.74) is 1.66. The third-order valence-corrected chi connectivity index (χ3v) is 4.77. The van der Waals surface area contributed by atoms with Gasteiger partial charge in [0.05, 0.1) is 5.69 Å². The van der Waals surface area contributed by atoms with Gasteiger partial charge in [0.2, 0.25) is 5.91 Å². The average Bonchev–Trinajstić information content (AvgIpc) is 2.83. The number of carbonyl (C=O) groups excluding carboxylic acids is 1. The third kappa shape index (κ3) is 3.51. The van der Waals surface area contributed by atoms with Gasteiger partial charge in [-0.1, -0.05) is 0 Å². The number of aryl methyl sites for hydroxylation is 3. The highest BCUT2D eigenvalue weighted by atomic mass is 32.1. The van der Waals surface area contributed by atoms with Crippen LogP contribution in [-0.4, -0.2) is 15.9 Å². The molecule has 0 bridgehead atoms. The first-order valence-electron chi connectivity index (χ1n) is 7.48. The van der Waals surface area contributed by atoms with Crippen LogP contribution in [0.4, 0.5) is 9.52 Å². The fourth-order valence-electron chi connectivity index (χ4n) is 2.36. The molecule has 124 valence electrons. The van der Waals surface area contributed by atoms with Crippen molar-refractivity contribution in [2.45, 2.75) is 26.7 Å². The topological polar surface area (TPSA) is 74.8 Å². The van der Waals surface area contributed by atoms with E-state index in [4.69, 9.17) is 0 Å². The number of benzene rings is 1. The van der Waals surface area contributed by atoms with Gasteiger partial charge in [-0.25, -0.2) is 9.37 Å². The Bertz CT molecular complexity index is 958. The van der Waals surface area contributed by atoms with Crippen molar-refractivity contribution >= 4 is 33.3 Å². The molecule has 2 heterocycles. The van der Waals surface area contributed by atoms with Crippen LogP contribution in [0.3, 0.4) is 0 Å². The third-order valence-electron chi connectivity index (χ3n) is 3.78. The molecule has 0 fully saturated rings. The number of fused-ring (bicyclic) bond motifs is 1. The molecule has 3 rings (SSSR count). The predicted molar refractivity (Wildman–Crippen MR) is 93.1 cm³/mol. The number of anilines is 1. The molecule has 0 atom stereocenters. The summed E-state index contributed by atoms with van der Waals surface area (Å²) in [6.07, 6.45) is 0.429. The van der Waals surface area contributed by atoms with E-state index in [9.17, 15) is 14.0 Å². The lowest BCUT2D eigenvalue weighted by Crippen LogP contribution is -2.17. The Kier molecular flexibility index (Phi) is 4.44. The van der Waals surface area contributed by atoms with Crippen LogP contribution in [0.5, 0.6) is 0 Å². The number of thiazole rings is 1. The number of amides is 1. The Hall–Kier alpha value is -2.54. The van der Waals surface area contributed by atoms with Crippen LogP contribution in [0.15, 0.2) is 29.1 Å². The van der Waals surface area contributed by atoms with Gasteiger partial charge in [0, 0.05) is 27.8 Å². The highest BCUT2D eigenvalue weighted by molar-refractivity contribution is 7.15. The predicted octanol–water partition coefficient (Wildman–Crippen LogP) is 3.31. The molecule has 2 aromatic heterocycles. The second-order valence-electron chi connectivity index (χ2n) is 5.56. The lowest BCUT2D eigenvalue weighted by atomic mass is 10.1. The van der Waals surface area contributed by atoms with Gasteiger partial charge < -0.3 is 10.3 Å². The van der Waals surface area contributed by atoms with E-state index in [1.807, 2.05) is 13.8 Å². The van der Waals surface area contributed by atoms with Gasteiger partial charge in [-0.2, -0.15) is 0 Å². The zero-order chi connectivity index (χ0) is 17.3. The monoisotopic (exact) mass is 345 g/mol. The Balaban J connectivity index is 1.71. The summed E-state index contributed by atoms with van der Waals surface area (Å²) in [4.78, 5) is 32.1. The van der Waals surface area contributed by atoms with E-state index in [0.717, 1.165) is 10.6 Å². The summed E-state index contributed by atoms with van der Waals surface area (Å²) in [5, 5.41) is 3.90. The minimum atomic E-state index is -0.368. The van der Waals surface area contributed by atoms with E-state index in [2.05, 4.69) is 15.3 Å². The Morgan fingerprint density at radius 2 is 2.12 bits per heavy atom. The van der Waals surface area contributed by atoms with Crippen LogP contribution in [-0.2, 0) is 11.2 Å². The van der Waals surface area contributed by atoms with Gasteiger partial charge in [0.1, 0.15) is 5.82 Å². The average molecular weight is 345 g/mol. The van der Waals surface area contributed by atoms with Crippen molar-refractivity contribution in [3.05, 3.63) is 56.6 Å². The number of nitrogens with zero attached hydrogens (tertiary/aromatic N) is 1. The number of hydrogen-bond acceptors (Lipinski definition) is 4. The fraction of sp³-hybridized carbons (Fsp3) is 0.235. The van der Waals surface area contributed by atoms with Gasteiger partial charge in [-0.05, 0) is 44.5 Å². The van der Waals surface area contributed by atoms with E-state index >= 15 is 0 Å². The quantitative estimate of drug-likeness (QED) is 0.762. The van der Waals surface area contributed by atoms with E-state index in [1.165, 1.54) is 29.5 Å². The van der Waals surface area contributed by atoms with E-state index < -0.39 is 0 Å². The van der Waals surface area contributed by atoms with Crippen molar-refractivity contribution in [3.8, 4) is 0 Å². The second-order valence-corrected chi connectivity index (χ2v) is 6.77. The number of aromatic nitrogens is 2. The highest BCUT2D eigenvalue weighted by Crippen LogP contribution is 2.21. The van der Waals surface area contributed by atoms with Gasteiger partial charge in [0.15, 0.2) is 5.13 Å². The molecule has 1 aromatic carbocycles. The summed E-state index contributed by atoms with van der Waals surface area (Å²) in [7, 11) is 0. The molecule has 24 heavy (non-hydrogen) atoms. The number of pyridine rings is 1. The Labute approximate surface area is 141 Å². The molecule has 0 saturated heterocycles. The van der Waals surface area contributed by atoms with Gasteiger partial charge in [0.25, 0.3) is 5.56 Å². The van der Waals surface area contributed by atoms with Crippen LogP contribution < -0.4 is 10.9 Å². The number of carbonyl (C=O) groups is 1. The zero-order valence-electron chi connectivity index (χ0n) is 13.3. The molecule has 7 heteroatoms. The number of hydrogen-bond donors (Lipinski definition) is 2. The maximum atomic E-state index is 13.3. The summed E-state index contributed by atoms with van der Waals surface area (Å²) in [6, 6.07) is 5.80. The van der Waals surface area contributed by atoms with Crippen molar-refractivity contribution in [1.29, 1.82) is 0 Å². The maximum absolute atomic E-state index is 13.3. The van der Waals surface area contributed by atoms with Crippen molar-refractivity contribution in [2.24, 2.45) is 0 Å². The molecular weight excluding hydrogens is 329 g/mol. The molecule has 2 N–H and O–H groups in total. The van der Waals surface area contributed by atoms with Crippen molar-refractivity contribution in [2.75, 3.05) is 5.32 Å². The maximum Gasteiger partial charge on any atom is 0.251 e. The normalized spacial score (nSPS) is 11.0. The van der Waals surface area contributed by atoms with Crippen LogP contribution in [0.2, 0.25) is 0 Å². The van der Waals surface area contributed by atoms with Gasteiger partial charge in [-0.3, -0.25) is 9.59 Å². The number of rotatable bonds is 4. The largest absolute Gasteiger partial charge is 0.322 e. The first kappa shape index (κ1) is 16.3. The molecule has 0 aliphatic carbocycles. The summed E-state index contributed by atoms with van der Waals surface area (Å²) in [5.74, 6) is -0.574. The highest BCUT2D eigenvalue weighted by Gasteiger charge is 2.10. The molecule has 0 unspecified atom stereocenters. The standard InChI is InChI=1S/C17H16FN3O2S/c1-9-10(2)24-17(19-9)21-15(22)6-3-11-7-12-8-13(18)4-5-14(12)20-16(11)23/h4-5,7-8H,3,6H2,1-2H3,(H,20,23)(H,19,21,22). The first-order chi connectivity index (χ1) is 11.4. The summed E-state index contributed by atoms with van der Waals surface area (Å²) >= 11 is 1.42. The van der Waals surface area contributed by atoms with E-state index in [-0.39, 0.29) is 30.1 Å². The molecule has 0 aliphatic rings. The lowest BCUT2D eigenvalue weighted by Gasteiger charge is -2.04. The van der Waals surface area contributed by atoms with Crippen molar-refractivity contribution in [1.82, 2.24) is 9.97 Å². The first-order valence-corrected chi connectivity index (χ1v) is 8.29. The van der Waals surface area contributed by atoms with Crippen LogP contribution in [0.25, 0.3) is 10.9 Å². The fourth-order valence-corrected chi connectivity index (χ4v) is 3.20. The lowest BCUT2D eigenvalue weighted by molar-refractivity contribution is -0.116. The van der Waals surface area contributed by atoms with E-state index in [1.54, 1.807) is 6.07 Å². The summed E-state index contributed by atoms with van der Waals surface area (Å²) < 4.78 is 13.3. The zero-order valence-corrected chi connectivity index (χ0v) is 14.1.